The van der Waals surface area contributed by atoms with Gasteiger partial charge in [-0.15, -0.1) is 0 Å². The number of carbonyl (C=O) groups is 2. The fourth-order valence-corrected chi connectivity index (χ4v) is 5.22. The molecule has 0 bridgehead atoms. The zero-order chi connectivity index (χ0) is 24.0. The van der Waals surface area contributed by atoms with Gasteiger partial charge in [0.15, 0.2) is 0 Å². The van der Waals surface area contributed by atoms with Gasteiger partial charge in [0.1, 0.15) is 5.82 Å². The van der Waals surface area contributed by atoms with E-state index in [2.05, 4.69) is 10.0 Å². The van der Waals surface area contributed by atoms with Crippen LogP contribution in [0.4, 0.5) is 4.39 Å². The first-order valence-electron chi connectivity index (χ1n) is 11.0. The van der Waals surface area contributed by atoms with Gasteiger partial charge >= 0.3 is 5.97 Å². The van der Waals surface area contributed by atoms with E-state index in [4.69, 9.17) is 4.74 Å². The topological polar surface area (TPSA) is 102 Å². The minimum atomic E-state index is -3.74. The lowest BCUT2D eigenvalue weighted by Crippen LogP contribution is -2.41. The number of hydrogen-bond acceptors (Lipinski definition) is 5. The summed E-state index contributed by atoms with van der Waals surface area (Å²) in [5.41, 5.74) is 1.11. The van der Waals surface area contributed by atoms with Gasteiger partial charge in [-0.25, -0.2) is 22.3 Å². The first-order valence-corrected chi connectivity index (χ1v) is 12.5. The maximum absolute atomic E-state index is 13.1. The van der Waals surface area contributed by atoms with Crippen LogP contribution in [0.25, 0.3) is 0 Å². The van der Waals surface area contributed by atoms with Crippen LogP contribution in [0, 0.1) is 11.7 Å². The second-order valence-electron chi connectivity index (χ2n) is 8.20. The molecule has 2 aromatic rings. The molecule has 2 aromatic carbocycles. The molecule has 0 heterocycles. The fourth-order valence-electron chi connectivity index (χ4n) is 3.91. The van der Waals surface area contributed by atoms with Crippen molar-refractivity contribution in [2.45, 2.75) is 56.5 Å². The van der Waals surface area contributed by atoms with Crippen LogP contribution in [0.2, 0.25) is 0 Å². The molecule has 2 N–H and O–H groups in total. The van der Waals surface area contributed by atoms with Crippen LogP contribution >= 0.6 is 0 Å². The summed E-state index contributed by atoms with van der Waals surface area (Å²) >= 11 is 0. The molecule has 3 rings (SSSR count). The number of ether oxygens (including phenoxy) is 1. The third-order valence-corrected chi connectivity index (χ3v) is 7.36. The van der Waals surface area contributed by atoms with Crippen LogP contribution in [-0.2, 0) is 19.6 Å². The van der Waals surface area contributed by atoms with Crippen LogP contribution < -0.4 is 10.0 Å². The van der Waals surface area contributed by atoms with Crippen molar-refractivity contribution in [3.63, 3.8) is 0 Å². The Morgan fingerprint density at radius 2 is 1.64 bits per heavy atom. The number of esters is 1. The maximum Gasteiger partial charge on any atom is 0.338 e. The number of hydrogen-bond donors (Lipinski definition) is 2. The summed E-state index contributed by atoms with van der Waals surface area (Å²) in [5.74, 6) is -1.10. The lowest BCUT2D eigenvalue weighted by Gasteiger charge is -2.29. The van der Waals surface area contributed by atoms with Gasteiger partial charge in [0.25, 0.3) is 0 Å². The van der Waals surface area contributed by atoms with Crippen LogP contribution in [0.15, 0.2) is 53.4 Å². The van der Waals surface area contributed by atoms with Crippen molar-refractivity contribution >= 4 is 21.9 Å². The van der Waals surface area contributed by atoms with E-state index in [0.717, 1.165) is 5.56 Å². The molecule has 178 valence electrons. The molecule has 7 nitrogen and oxygen atoms in total. The molecule has 1 aliphatic rings. The van der Waals surface area contributed by atoms with Crippen LogP contribution in [0.5, 0.6) is 0 Å². The summed E-state index contributed by atoms with van der Waals surface area (Å²) < 4.78 is 46.1. The number of amides is 1. The molecule has 0 saturated heterocycles. The molecule has 1 saturated carbocycles. The second kappa shape index (κ2) is 10.9. The normalized spacial score (nSPS) is 19.5. The number of benzene rings is 2. The van der Waals surface area contributed by atoms with Gasteiger partial charge in [-0.3, -0.25) is 4.79 Å². The van der Waals surface area contributed by atoms with E-state index < -0.39 is 16.0 Å². The van der Waals surface area contributed by atoms with Crippen LogP contribution in [-0.4, -0.2) is 32.9 Å². The first kappa shape index (κ1) is 24.9. The number of nitrogens with one attached hydrogen (secondary N) is 2. The van der Waals surface area contributed by atoms with Crippen molar-refractivity contribution < 1.29 is 27.1 Å². The van der Waals surface area contributed by atoms with Gasteiger partial charge in [-0.05, 0) is 81.5 Å². The number of halogens is 1. The van der Waals surface area contributed by atoms with Crippen molar-refractivity contribution in [3.8, 4) is 0 Å². The van der Waals surface area contributed by atoms with Gasteiger partial charge in [0.05, 0.1) is 23.1 Å². The Kier molecular flexibility index (Phi) is 8.20. The SMILES string of the molecule is CCOC(=O)c1ccc(S(=O)(=O)NC2CCC(C(=O)N[C@H](C)c3ccc(F)cc3)CC2)cc1. The molecule has 9 heteroatoms. The van der Waals surface area contributed by atoms with Crippen LogP contribution in [0.1, 0.15) is 61.5 Å². The molecular formula is C24H29FN2O5S. The first-order chi connectivity index (χ1) is 15.7. The number of sulfonamides is 1. The average Bonchev–Trinajstić information content (AvgIpc) is 2.80. The van der Waals surface area contributed by atoms with E-state index >= 15 is 0 Å². The Labute approximate surface area is 193 Å². The largest absolute Gasteiger partial charge is 0.462 e. The monoisotopic (exact) mass is 476 g/mol. The summed E-state index contributed by atoms with van der Waals surface area (Å²) in [6, 6.07) is 11.1. The Hall–Kier alpha value is -2.78. The average molecular weight is 477 g/mol. The predicted molar refractivity (Wildman–Crippen MR) is 121 cm³/mol. The van der Waals surface area contributed by atoms with Gasteiger partial charge in [0, 0.05) is 12.0 Å². The Morgan fingerprint density at radius 3 is 2.21 bits per heavy atom. The molecule has 1 fully saturated rings. The van der Waals surface area contributed by atoms with E-state index in [9.17, 15) is 22.4 Å². The Morgan fingerprint density at radius 1 is 1.03 bits per heavy atom. The molecule has 1 aliphatic carbocycles. The third kappa shape index (κ3) is 6.61. The molecule has 1 amide bonds. The molecule has 0 aliphatic heterocycles. The lowest BCUT2D eigenvalue weighted by molar-refractivity contribution is -0.126. The van der Waals surface area contributed by atoms with E-state index in [1.165, 1.54) is 36.4 Å². The lowest BCUT2D eigenvalue weighted by atomic mass is 9.85. The molecule has 0 spiro atoms. The van der Waals surface area contributed by atoms with E-state index in [-0.39, 0.29) is 46.8 Å². The molecule has 33 heavy (non-hydrogen) atoms. The highest BCUT2D eigenvalue weighted by atomic mass is 32.2. The predicted octanol–water partition coefficient (Wildman–Crippen LogP) is 3.72. The van der Waals surface area contributed by atoms with E-state index in [1.807, 2.05) is 6.92 Å². The minimum absolute atomic E-state index is 0.0727. The van der Waals surface area contributed by atoms with Crippen molar-refractivity contribution in [2.75, 3.05) is 6.61 Å². The highest BCUT2D eigenvalue weighted by molar-refractivity contribution is 7.89. The molecule has 1 atom stereocenters. The van der Waals surface area contributed by atoms with Crippen molar-refractivity contribution in [1.82, 2.24) is 10.0 Å². The number of carbonyl (C=O) groups excluding carboxylic acids is 2. The van der Waals surface area contributed by atoms with Crippen molar-refractivity contribution in [3.05, 3.63) is 65.5 Å². The van der Waals surface area contributed by atoms with Crippen LogP contribution in [0.3, 0.4) is 0 Å². The van der Waals surface area contributed by atoms with Gasteiger partial charge in [-0.1, -0.05) is 12.1 Å². The Bertz CT molecular complexity index is 1060. The number of rotatable bonds is 8. The second-order valence-corrected chi connectivity index (χ2v) is 9.91. The van der Waals surface area contributed by atoms with Gasteiger partial charge in [-0.2, -0.15) is 0 Å². The minimum Gasteiger partial charge on any atom is -0.462 e. The maximum atomic E-state index is 13.1. The standard InChI is InChI=1S/C24H29FN2O5S/c1-3-32-24(29)19-8-14-22(15-9-19)33(30,31)27-21-12-6-18(7-13-21)23(28)26-16(2)17-4-10-20(25)11-5-17/h4-5,8-11,14-16,18,21,27H,3,6-7,12-13H2,1-2H3,(H,26,28)/t16-,18?,21?/m1/s1. The summed E-state index contributed by atoms with van der Waals surface area (Å²) in [4.78, 5) is 24.4. The summed E-state index contributed by atoms with van der Waals surface area (Å²) in [5, 5.41) is 2.96. The van der Waals surface area contributed by atoms with Crippen molar-refractivity contribution in [2.24, 2.45) is 5.92 Å². The van der Waals surface area contributed by atoms with Crippen molar-refractivity contribution in [1.29, 1.82) is 0 Å². The molecule has 0 unspecified atom stereocenters. The zero-order valence-electron chi connectivity index (χ0n) is 18.7. The van der Waals surface area contributed by atoms with E-state index in [1.54, 1.807) is 19.1 Å². The third-order valence-electron chi connectivity index (χ3n) is 5.82. The van der Waals surface area contributed by atoms with Gasteiger partial charge < -0.3 is 10.1 Å². The summed E-state index contributed by atoms with van der Waals surface area (Å²) in [6.07, 6.45) is 2.22. The highest BCUT2D eigenvalue weighted by Gasteiger charge is 2.29. The summed E-state index contributed by atoms with van der Waals surface area (Å²) in [6.45, 7) is 3.79. The summed E-state index contributed by atoms with van der Waals surface area (Å²) in [7, 11) is -3.74. The Balaban J connectivity index is 1.51. The highest BCUT2D eigenvalue weighted by Crippen LogP contribution is 2.27. The molecular weight excluding hydrogens is 447 g/mol. The quantitative estimate of drug-likeness (QED) is 0.566. The smallest absolute Gasteiger partial charge is 0.338 e. The van der Waals surface area contributed by atoms with Gasteiger partial charge in [0.2, 0.25) is 15.9 Å². The zero-order valence-corrected chi connectivity index (χ0v) is 19.5. The van der Waals surface area contributed by atoms with E-state index in [0.29, 0.717) is 25.7 Å². The molecule has 0 aromatic heterocycles. The molecule has 0 radical (unpaired) electrons. The fraction of sp³-hybridized carbons (Fsp3) is 0.417.